The van der Waals surface area contributed by atoms with Crippen molar-refractivity contribution in [1.29, 1.82) is 0 Å². The van der Waals surface area contributed by atoms with Crippen molar-refractivity contribution in [3.63, 3.8) is 0 Å². The largest absolute Gasteiger partial charge is 0.507 e. The molecule has 2 aromatic rings. The second-order valence-electron chi connectivity index (χ2n) is 7.88. The number of carbonyl (C=O) groups is 2. The van der Waals surface area contributed by atoms with Gasteiger partial charge in [-0.3, -0.25) is 9.59 Å². The van der Waals surface area contributed by atoms with Crippen LogP contribution < -0.4 is 9.64 Å². The minimum absolute atomic E-state index is 0.0382. The van der Waals surface area contributed by atoms with E-state index in [9.17, 15) is 14.7 Å². The minimum Gasteiger partial charge on any atom is -0.507 e. The lowest BCUT2D eigenvalue weighted by molar-refractivity contribution is -0.858. The van der Waals surface area contributed by atoms with Crippen LogP contribution in [0.4, 0.5) is 0 Å². The molecule has 7 heteroatoms. The predicted octanol–water partition coefficient (Wildman–Crippen LogP) is 2.11. The maximum atomic E-state index is 12.9. The van der Waals surface area contributed by atoms with E-state index in [1.807, 2.05) is 14.1 Å². The van der Waals surface area contributed by atoms with Crippen molar-refractivity contribution in [3.05, 3.63) is 71.7 Å². The molecule has 164 valence electrons. The number of hydrogen-bond acceptors (Lipinski definition) is 5. The molecule has 1 aliphatic rings. The number of amides is 1. The van der Waals surface area contributed by atoms with Gasteiger partial charge >= 0.3 is 0 Å². The zero-order chi connectivity index (χ0) is 22.5. The number of aliphatic hydroxyl groups is 1. The summed E-state index contributed by atoms with van der Waals surface area (Å²) in [4.78, 5) is 28.5. The number of aliphatic hydroxyl groups excluding tert-OH is 1. The van der Waals surface area contributed by atoms with E-state index in [0.29, 0.717) is 36.0 Å². The van der Waals surface area contributed by atoms with E-state index in [4.69, 9.17) is 9.15 Å². The first-order valence-electron chi connectivity index (χ1n) is 10.3. The van der Waals surface area contributed by atoms with Crippen LogP contribution in [0.15, 0.2) is 59.0 Å². The molecule has 1 aliphatic heterocycles. The summed E-state index contributed by atoms with van der Waals surface area (Å²) < 4.78 is 11.2. The summed E-state index contributed by atoms with van der Waals surface area (Å²) in [6.07, 6.45) is 2.36. The molecule has 0 saturated carbocycles. The molecule has 1 fully saturated rings. The number of furan rings is 1. The molecule has 0 bridgehead atoms. The topological polar surface area (TPSA) is 84.4 Å². The highest BCUT2D eigenvalue weighted by Gasteiger charge is 2.47. The van der Waals surface area contributed by atoms with Crippen LogP contribution in [0.25, 0.3) is 5.76 Å². The lowest BCUT2D eigenvalue weighted by atomic mass is 9.99. The van der Waals surface area contributed by atoms with Gasteiger partial charge in [-0.25, -0.2) is 0 Å². The molecule has 0 radical (unpaired) electrons. The highest BCUT2D eigenvalue weighted by atomic mass is 16.5. The highest BCUT2D eigenvalue weighted by molar-refractivity contribution is 6.46. The number of quaternary nitrogens is 1. The van der Waals surface area contributed by atoms with Crippen LogP contribution in [-0.4, -0.2) is 55.5 Å². The fourth-order valence-corrected chi connectivity index (χ4v) is 3.63. The number of nitrogens with one attached hydrogen (secondary N) is 1. The molecule has 1 aromatic carbocycles. The molecular formula is C24H29N2O5+. The number of rotatable bonds is 9. The number of likely N-dealkylation sites (tertiary alicyclic amines) is 1. The summed E-state index contributed by atoms with van der Waals surface area (Å²) in [7, 11) is 4.06. The Hall–Kier alpha value is -3.32. The number of aryl methyl sites for hydroxylation is 1. The van der Waals surface area contributed by atoms with Crippen molar-refractivity contribution in [1.82, 2.24) is 4.90 Å². The molecule has 0 aliphatic carbocycles. The van der Waals surface area contributed by atoms with Gasteiger partial charge in [-0.15, -0.1) is 0 Å². The van der Waals surface area contributed by atoms with Gasteiger partial charge in [-0.05, 0) is 43.3 Å². The van der Waals surface area contributed by atoms with Crippen molar-refractivity contribution in [2.45, 2.75) is 19.4 Å². The molecule has 0 spiro atoms. The molecule has 1 atom stereocenters. The molecule has 0 unspecified atom stereocenters. The van der Waals surface area contributed by atoms with Crippen molar-refractivity contribution in [2.24, 2.45) is 0 Å². The molecule has 1 saturated heterocycles. The molecule has 2 N–H and O–H groups in total. The fraction of sp³-hybridized carbons (Fsp3) is 0.333. The van der Waals surface area contributed by atoms with Crippen molar-refractivity contribution in [3.8, 4) is 5.75 Å². The van der Waals surface area contributed by atoms with Crippen LogP contribution in [0.3, 0.4) is 0 Å². The quantitative estimate of drug-likeness (QED) is 0.278. The Labute approximate surface area is 182 Å². The minimum atomic E-state index is -0.762. The Balaban J connectivity index is 1.99. The van der Waals surface area contributed by atoms with E-state index >= 15 is 0 Å². The Morgan fingerprint density at radius 1 is 1.23 bits per heavy atom. The van der Waals surface area contributed by atoms with E-state index in [2.05, 4.69) is 6.58 Å². The third-order valence-electron chi connectivity index (χ3n) is 5.14. The Morgan fingerprint density at radius 3 is 2.52 bits per heavy atom. The number of ketones is 1. The zero-order valence-corrected chi connectivity index (χ0v) is 18.2. The van der Waals surface area contributed by atoms with Gasteiger partial charge in [-0.1, -0.05) is 12.7 Å². The zero-order valence-electron chi connectivity index (χ0n) is 18.2. The Kier molecular flexibility index (Phi) is 6.97. The summed E-state index contributed by atoms with van der Waals surface area (Å²) in [5, 5.41) is 11.0. The summed E-state index contributed by atoms with van der Waals surface area (Å²) in [5.74, 6) is 0.180. The maximum Gasteiger partial charge on any atom is 0.295 e. The third kappa shape index (κ3) is 4.88. The molecule has 1 amide bonds. The fourth-order valence-electron chi connectivity index (χ4n) is 3.63. The number of nitrogens with zero attached hydrogens (tertiary/aromatic N) is 1. The van der Waals surface area contributed by atoms with Crippen LogP contribution in [0.2, 0.25) is 0 Å². The number of carbonyl (C=O) groups excluding carboxylic acids is 2. The van der Waals surface area contributed by atoms with Crippen LogP contribution in [0, 0.1) is 6.92 Å². The summed E-state index contributed by atoms with van der Waals surface area (Å²) in [5.41, 5.74) is 0.464. The number of ether oxygens (including phenoxy) is 1. The molecular weight excluding hydrogens is 396 g/mol. The van der Waals surface area contributed by atoms with Gasteiger partial charge in [0.1, 0.15) is 35.7 Å². The number of hydrogen-bond donors (Lipinski definition) is 2. The Morgan fingerprint density at radius 2 is 1.94 bits per heavy atom. The van der Waals surface area contributed by atoms with E-state index in [1.165, 1.54) is 9.80 Å². The lowest BCUT2D eigenvalue weighted by Crippen LogP contribution is -3.05. The van der Waals surface area contributed by atoms with Crippen LogP contribution >= 0.6 is 0 Å². The van der Waals surface area contributed by atoms with E-state index in [0.717, 1.165) is 13.0 Å². The van der Waals surface area contributed by atoms with E-state index in [-0.39, 0.29) is 11.3 Å². The van der Waals surface area contributed by atoms with Crippen LogP contribution in [-0.2, 0) is 9.59 Å². The highest BCUT2D eigenvalue weighted by Crippen LogP contribution is 2.40. The van der Waals surface area contributed by atoms with Gasteiger partial charge in [0.2, 0.25) is 0 Å². The monoisotopic (exact) mass is 425 g/mol. The molecule has 2 heterocycles. The van der Waals surface area contributed by atoms with Crippen LogP contribution in [0.1, 0.15) is 29.5 Å². The average molecular weight is 426 g/mol. The molecule has 31 heavy (non-hydrogen) atoms. The SMILES string of the molecule is C=CCOc1ccc(C(O)=C2C(=O)C(=O)N(CCC[NH+](C)C)[C@H]2c2ccc(C)o2)cc1. The smallest absolute Gasteiger partial charge is 0.295 e. The third-order valence-corrected chi connectivity index (χ3v) is 5.14. The standard InChI is InChI=1S/C24H28N2O5/c1-5-15-30-18-10-8-17(9-11-18)22(27)20-21(19-12-7-16(2)31-19)26(24(29)23(20)28)14-6-13-25(3)4/h5,7-12,21,27H,1,6,13-15H2,2-4H3/p+1/t21-/m0/s1. The van der Waals surface area contributed by atoms with Gasteiger partial charge in [0.25, 0.3) is 11.7 Å². The first kappa shape index (κ1) is 22.4. The second kappa shape index (κ2) is 9.66. The molecule has 3 rings (SSSR count). The maximum absolute atomic E-state index is 12.9. The molecule has 7 nitrogen and oxygen atoms in total. The van der Waals surface area contributed by atoms with E-state index in [1.54, 1.807) is 49.4 Å². The summed E-state index contributed by atoms with van der Waals surface area (Å²) >= 11 is 0. The predicted molar refractivity (Wildman–Crippen MR) is 117 cm³/mol. The van der Waals surface area contributed by atoms with Gasteiger partial charge < -0.3 is 24.1 Å². The summed E-state index contributed by atoms with van der Waals surface area (Å²) in [6, 6.07) is 9.46. The average Bonchev–Trinajstić information content (AvgIpc) is 3.28. The van der Waals surface area contributed by atoms with Crippen molar-refractivity contribution < 1.29 is 28.7 Å². The lowest BCUT2D eigenvalue weighted by Gasteiger charge is -2.23. The van der Waals surface area contributed by atoms with Crippen molar-refractivity contribution in [2.75, 3.05) is 33.8 Å². The van der Waals surface area contributed by atoms with Gasteiger partial charge in [0.05, 0.1) is 26.2 Å². The number of Topliss-reactive ketones (excluding diaryl/α,β-unsaturated/α-hetero) is 1. The normalized spacial score (nSPS) is 18.1. The molecule has 1 aromatic heterocycles. The van der Waals surface area contributed by atoms with Crippen LogP contribution in [0.5, 0.6) is 5.75 Å². The summed E-state index contributed by atoms with van der Waals surface area (Å²) in [6.45, 7) is 7.01. The van der Waals surface area contributed by atoms with Crippen molar-refractivity contribution >= 4 is 17.4 Å². The number of benzene rings is 1. The first-order chi connectivity index (χ1) is 14.8. The first-order valence-corrected chi connectivity index (χ1v) is 10.3. The van der Waals surface area contributed by atoms with Gasteiger partial charge in [0, 0.05) is 18.5 Å². The van der Waals surface area contributed by atoms with Gasteiger partial charge in [0.15, 0.2) is 0 Å². The van der Waals surface area contributed by atoms with Gasteiger partial charge in [-0.2, -0.15) is 0 Å². The second-order valence-corrected chi connectivity index (χ2v) is 7.88. The van der Waals surface area contributed by atoms with E-state index < -0.39 is 17.7 Å². The Bertz CT molecular complexity index is 988.